The highest BCUT2D eigenvalue weighted by atomic mass is 32.1. The van der Waals surface area contributed by atoms with Crippen LogP contribution in [0.1, 0.15) is 12.5 Å². The van der Waals surface area contributed by atoms with Crippen molar-refractivity contribution in [2.45, 2.75) is 13.3 Å². The topological polar surface area (TPSA) is 25.8 Å². The van der Waals surface area contributed by atoms with E-state index in [9.17, 15) is 0 Å². The highest BCUT2D eigenvalue weighted by Crippen LogP contribution is 2.18. The number of hydrogen-bond acceptors (Lipinski definition) is 3. The van der Waals surface area contributed by atoms with E-state index in [-0.39, 0.29) is 0 Å². The second-order valence-corrected chi connectivity index (χ2v) is 3.16. The summed E-state index contributed by atoms with van der Waals surface area (Å²) in [5.74, 6) is 0. The fraction of sp³-hybridized carbons (Fsp3) is 0.250. The van der Waals surface area contributed by atoms with Gasteiger partial charge < -0.3 is 0 Å². The Hall–Kier alpha value is -0.960. The lowest BCUT2D eigenvalue weighted by molar-refractivity contribution is 1.14. The van der Waals surface area contributed by atoms with Gasteiger partial charge in [-0.05, 0) is 18.1 Å². The lowest BCUT2D eigenvalue weighted by Gasteiger charge is -1.94. The number of pyridine rings is 1. The maximum Gasteiger partial charge on any atom is 0.143 e. The average Bonchev–Trinajstić information content (AvgIpc) is 2.50. The summed E-state index contributed by atoms with van der Waals surface area (Å²) >= 11 is 1.59. The molecule has 0 atom stereocenters. The third-order valence-electron chi connectivity index (χ3n) is 1.70. The van der Waals surface area contributed by atoms with Crippen molar-refractivity contribution in [3.8, 4) is 0 Å². The molecule has 0 fully saturated rings. The summed E-state index contributed by atoms with van der Waals surface area (Å²) in [7, 11) is 0. The number of hydrogen-bond donors (Lipinski definition) is 0. The van der Waals surface area contributed by atoms with Gasteiger partial charge in [0.05, 0.1) is 5.51 Å². The fourth-order valence-electron chi connectivity index (χ4n) is 1.11. The second kappa shape index (κ2) is 2.58. The molecule has 0 N–H and O–H groups in total. The molecule has 2 nitrogen and oxygen atoms in total. The highest BCUT2D eigenvalue weighted by molar-refractivity contribution is 7.16. The average molecular weight is 164 g/mol. The predicted octanol–water partition coefficient (Wildman–Crippen LogP) is 2.25. The minimum atomic E-state index is 1.03. The van der Waals surface area contributed by atoms with Gasteiger partial charge in [0.1, 0.15) is 10.3 Å². The van der Waals surface area contributed by atoms with E-state index in [1.54, 1.807) is 11.3 Å². The van der Waals surface area contributed by atoms with E-state index in [1.807, 2.05) is 17.8 Å². The summed E-state index contributed by atoms with van der Waals surface area (Å²) < 4.78 is 0. The molecule has 2 aromatic rings. The first kappa shape index (κ1) is 6.73. The first-order chi connectivity index (χ1) is 5.42. The molecule has 2 heterocycles. The van der Waals surface area contributed by atoms with Gasteiger partial charge in [-0.25, -0.2) is 9.97 Å². The van der Waals surface area contributed by atoms with Gasteiger partial charge in [-0.1, -0.05) is 6.92 Å². The van der Waals surface area contributed by atoms with Crippen molar-refractivity contribution in [1.82, 2.24) is 9.97 Å². The molecule has 3 heteroatoms. The van der Waals surface area contributed by atoms with Crippen molar-refractivity contribution in [2.75, 3.05) is 0 Å². The van der Waals surface area contributed by atoms with E-state index in [2.05, 4.69) is 16.9 Å². The van der Waals surface area contributed by atoms with Gasteiger partial charge in [-0.3, -0.25) is 0 Å². The maximum atomic E-state index is 4.25. The van der Waals surface area contributed by atoms with Gasteiger partial charge in [0.2, 0.25) is 0 Å². The third kappa shape index (κ3) is 1.01. The zero-order valence-corrected chi connectivity index (χ0v) is 7.06. The van der Waals surface area contributed by atoms with Crippen LogP contribution in [0.15, 0.2) is 17.8 Å². The Balaban J connectivity index is 2.79. The van der Waals surface area contributed by atoms with Crippen LogP contribution in [0.5, 0.6) is 0 Å². The molecule has 0 bridgehead atoms. The van der Waals surface area contributed by atoms with E-state index < -0.39 is 0 Å². The van der Waals surface area contributed by atoms with Gasteiger partial charge in [-0.2, -0.15) is 0 Å². The van der Waals surface area contributed by atoms with E-state index in [4.69, 9.17) is 0 Å². The van der Waals surface area contributed by atoms with E-state index in [0.717, 1.165) is 16.8 Å². The Labute approximate surface area is 68.9 Å². The smallest absolute Gasteiger partial charge is 0.143 e. The summed E-state index contributed by atoms with van der Waals surface area (Å²) in [5.41, 5.74) is 4.20. The predicted molar refractivity (Wildman–Crippen MR) is 46.8 cm³/mol. The number of aromatic nitrogens is 2. The van der Waals surface area contributed by atoms with Crippen LogP contribution in [0, 0.1) is 0 Å². The molecule has 0 aliphatic rings. The summed E-state index contributed by atoms with van der Waals surface area (Å²) in [6.07, 6.45) is 2.88. The van der Waals surface area contributed by atoms with E-state index in [1.165, 1.54) is 5.56 Å². The molecular weight excluding hydrogens is 156 g/mol. The molecule has 0 spiro atoms. The first-order valence-electron chi connectivity index (χ1n) is 3.59. The zero-order valence-electron chi connectivity index (χ0n) is 6.24. The lowest BCUT2D eigenvalue weighted by atomic mass is 10.2. The number of thiazole rings is 1. The number of fused-ring (bicyclic) bond motifs is 1. The van der Waals surface area contributed by atoms with E-state index >= 15 is 0 Å². The number of rotatable bonds is 1. The van der Waals surface area contributed by atoms with Crippen molar-refractivity contribution < 1.29 is 0 Å². The van der Waals surface area contributed by atoms with Gasteiger partial charge in [0.25, 0.3) is 0 Å². The fourth-order valence-corrected chi connectivity index (χ4v) is 1.79. The summed E-state index contributed by atoms with van der Waals surface area (Å²) in [6.45, 7) is 2.13. The quantitative estimate of drug-likeness (QED) is 0.646. The van der Waals surface area contributed by atoms with Crippen LogP contribution in [0.3, 0.4) is 0 Å². The second-order valence-electron chi connectivity index (χ2n) is 2.33. The largest absolute Gasteiger partial charge is 0.244 e. The Morgan fingerprint density at radius 3 is 3.18 bits per heavy atom. The normalized spacial score (nSPS) is 10.6. The first-order valence-corrected chi connectivity index (χ1v) is 4.47. The molecule has 2 rings (SSSR count). The van der Waals surface area contributed by atoms with Crippen LogP contribution in [-0.2, 0) is 6.42 Å². The van der Waals surface area contributed by atoms with Crippen LogP contribution in [-0.4, -0.2) is 9.97 Å². The van der Waals surface area contributed by atoms with Gasteiger partial charge in [0, 0.05) is 6.20 Å². The molecular formula is C8H8N2S. The zero-order chi connectivity index (χ0) is 7.68. The third-order valence-corrected chi connectivity index (χ3v) is 2.43. The summed E-state index contributed by atoms with van der Waals surface area (Å²) in [5, 5.41) is 0. The number of aryl methyl sites for hydroxylation is 1. The Morgan fingerprint density at radius 1 is 1.45 bits per heavy atom. The summed E-state index contributed by atoms with van der Waals surface area (Å²) in [4.78, 5) is 9.50. The molecule has 0 saturated heterocycles. The Bertz CT molecular complexity index is 367. The van der Waals surface area contributed by atoms with Crippen LogP contribution in [0.2, 0.25) is 0 Å². The highest BCUT2D eigenvalue weighted by Gasteiger charge is 2.00. The molecule has 0 amide bonds. The molecule has 0 unspecified atom stereocenters. The van der Waals surface area contributed by atoms with Crippen molar-refractivity contribution in [3.63, 3.8) is 0 Å². The Morgan fingerprint density at radius 2 is 2.36 bits per heavy atom. The molecule has 0 aromatic carbocycles. The minimum absolute atomic E-state index is 1.03. The number of nitrogens with zero attached hydrogens (tertiary/aromatic N) is 2. The lowest BCUT2D eigenvalue weighted by Crippen LogP contribution is -1.83. The summed E-state index contributed by atoms with van der Waals surface area (Å²) in [6, 6.07) is 2.03. The van der Waals surface area contributed by atoms with Crippen molar-refractivity contribution in [2.24, 2.45) is 0 Å². The molecule has 0 aliphatic carbocycles. The Kier molecular flexibility index (Phi) is 1.58. The van der Waals surface area contributed by atoms with Crippen LogP contribution >= 0.6 is 11.3 Å². The molecule has 11 heavy (non-hydrogen) atoms. The molecule has 0 radical (unpaired) electrons. The SMILES string of the molecule is CCc1ccnc2scnc12. The molecule has 0 aliphatic heterocycles. The molecule has 56 valence electrons. The standard InChI is InChI=1S/C8H8N2S/c1-2-6-3-4-9-8-7(6)10-5-11-8/h3-5H,2H2,1H3. The van der Waals surface area contributed by atoms with Gasteiger partial charge in [-0.15, -0.1) is 11.3 Å². The van der Waals surface area contributed by atoms with Gasteiger partial charge in [0.15, 0.2) is 0 Å². The molecule has 0 saturated carbocycles. The maximum absolute atomic E-state index is 4.25. The van der Waals surface area contributed by atoms with Crippen molar-refractivity contribution >= 4 is 21.7 Å². The van der Waals surface area contributed by atoms with Gasteiger partial charge >= 0.3 is 0 Å². The molecule has 2 aromatic heterocycles. The van der Waals surface area contributed by atoms with E-state index in [0.29, 0.717) is 0 Å². The van der Waals surface area contributed by atoms with Crippen molar-refractivity contribution in [3.05, 3.63) is 23.3 Å². The van der Waals surface area contributed by atoms with Crippen LogP contribution in [0.25, 0.3) is 10.3 Å². The minimum Gasteiger partial charge on any atom is -0.244 e. The van der Waals surface area contributed by atoms with Crippen molar-refractivity contribution in [1.29, 1.82) is 0 Å². The van der Waals surface area contributed by atoms with Crippen LogP contribution < -0.4 is 0 Å². The monoisotopic (exact) mass is 164 g/mol. The van der Waals surface area contributed by atoms with Crippen LogP contribution in [0.4, 0.5) is 0 Å².